The molecular formula is C15H30NP. The van der Waals surface area contributed by atoms with Gasteiger partial charge in [0.25, 0.3) is 0 Å². The maximum absolute atomic E-state index is 3.98. The fraction of sp³-hybridized carbons (Fsp3) is 0.800. The molecule has 0 spiro atoms. The van der Waals surface area contributed by atoms with Crippen molar-refractivity contribution >= 4 is 15.5 Å². The van der Waals surface area contributed by atoms with Crippen LogP contribution in [0.15, 0.2) is 16.6 Å². The molecule has 100 valence electrons. The van der Waals surface area contributed by atoms with Crippen molar-refractivity contribution in [1.29, 1.82) is 0 Å². The second kappa shape index (κ2) is 11.0. The molecule has 0 N–H and O–H groups in total. The molecule has 0 aromatic rings. The van der Waals surface area contributed by atoms with Crippen molar-refractivity contribution in [2.75, 3.05) is 13.2 Å². The van der Waals surface area contributed by atoms with E-state index in [0.29, 0.717) is 0 Å². The van der Waals surface area contributed by atoms with Gasteiger partial charge in [-0.05, 0) is 56.7 Å². The highest BCUT2D eigenvalue weighted by Gasteiger charge is 2.10. The third-order valence-electron chi connectivity index (χ3n) is 3.46. The molecule has 0 saturated heterocycles. The summed E-state index contributed by atoms with van der Waals surface area (Å²) in [7, 11) is 4.74. The van der Waals surface area contributed by atoms with E-state index in [0.717, 1.165) is 11.8 Å². The van der Waals surface area contributed by atoms with Crippen molar-refractivity contribution < 1.29 is 0 Å². The minimum Gasteiger partial charge on any atom is -0.297 e. The highest BCUT2D eigenvalue weighted by Crippen LogP contribution is 2.23. The first kappa shape index (κ1) is 16.8. The van der Waals surface area contributed by atoms with E-state index in [-0.39, 0.29) is 0 Å². The Kier molecular flexibility index (Phi) is 10.9. The summed E-state index contributed by atoms with van der Waals surface area (Å²) in [6, 6.07) is 0. The van der Waals surface area contributed by atoms with Gasteiger partial charge >= 0.3 is 0 Å². The van der Waals surface area contributed by atoms with Crippen molar-refractivity contribution in [1.82, 2.24) is 0 Å². The Hall–Kier alpha value is -0.160. The van der Waals surface area contributed by atoms with Crippen LogP contribution < -0.4 is 0 Å². The number of allylic oxidation sites excluding steroid dienone is 2. The molecule has 0 amide bonds. The van der Waals surface area contributed by atoms with Gasteiger partial charge in [0.2, 0.25) is 0 Å². The van der Waals surface area contributed by atoms with E-state index in [4.69, 9.17) is 0 Å². The maximum atomic E-state index is 3.98. The van der Waals surface area contributed by atoms with Gasteiger partial charge in [-0.1, -0.05) is 25.8 Å². The average Bonchev–Trinajstić information content (AvgIpc) is 2.34. The summed E-state index contributed by atoms with van der Waals surface area (Å²) in [6.45, 7) is 6.86. The largest absolute Gasteiger partial charge is 0.297 e. The molecule has 0 aliphatic heterocycles. The smallest absolute Gasteiger partial charge is 0.0277 e. The standard InChI is InChI=1S/C15H30NP/c1-5-13(2)11-15(12-17)8-6-7-14(3)9-10-16-4/h9-10,13,15H,5-8,11-12,17H2,1-4H3/b14-9+,16-10?. The predicted octanol–water partition coefficient (Wildman–Crippen LogP) is 4.73. The van der Waals surface area contributed by atoms with Crippen LogP contribution in [0.4, 0.5) is 0 Å². The van der Waals surface area contributed by atoms with Crippen LogP contribution in [0.3, 0.4) is 0 Å². The lowest BCUT2D eigenvalue weighted by Crippen LogP contribution is -2.07. The Morgan fingerprint density at radius 2 is 2.12 bits per heavy atom. The van der Waals surface area contributed by atoms with Gasteiger partial charge in [-0.15, -0.1) is 9.24 Å². The third kappa shape index (κ3) is 9.53. The quantitative estimate of drug-likeness (QED) is 0.417. The molecular weight excluding hydrogens is 225 g/mol. The van der Waals surface area contributed by atoms with Crippen LogP contribution in [0.25, 0.3) is 0 Å². The lowest BCUT2D eigenvalue weighted by Gasteiger charge is -2.18. The van der Waals surface area contributed by atoms with Gasteiger partial charge in [-0.2, -0.15) is 0 Å². The fourth-order valence-corrected chi connectivity index (χ4v) is 2.45. The van der Waals surface area contributed by atoms with Crippen LogP contribution in [0, 0.1) is 11.8 Å². The molecule has 0 radical (unpaired) electrons. The van der Waals surface area contributed by atoms with Crippen molar-refractivity contribution in [3.05, 3.63) is 11.6 Å². The molecule has 2 heteroatoms. The zero-order valence-electron chi connectivity index (χ0n) is 12.1. The lowest BCUT2D eigenvalue weighted by atomic mass is 9.91. The summed E-state index contributed by atoms with van der Waals surface area (Å²) in [5, 5.41) is 0. The number of hydrogen-bond donors (Lipinski definition) is 0. The van der Waals surface area contributed by atoms with Gasteiger partial charge in [-0.25, -0.2) is 0 Å². The Balaban J connectivity index is 3.83. The lowest BCUT2D eigenvalue weighted by molar-refractivity contribution is 0.385. The van der Waals surface area contributed by atoms with Crippen LogP contribution in [-0.4, -0.2) is 19.4 Å². The van der Waals surface area contributed by atoms with Gasteiger partial charge in [-0.3, -0.25) is 4.99 Å². The molecule has 17 heavy (non-hydrogen) atoms. The number of nitrogens with zero attached hydrogens (tertiary/aromatic N) is 1. The molecule has 0 saturated carbocycles. The molecule has 1 nitrogen and oxygen atoms in total. The SMILES string of the molecule is CCC(C)CC(CP)CCC/C(C)=C/C=NC. The Labute approximate surface area is 110 Å². The zero-order valence-corrected chi connectivity index (χ0v) is 13.2. The first-order valence-corrected chi connectivity index (χ1v) is 7.73. The average molecular weight is 255 g/mol. The van der Waals surface area contributed by atoms with Gasteiger partial charge in [0, 0.05) is 13.3 Å². The molecule has 0 aliphatic rings. The topological polar surface area (TPSA) is 12.4 Å². The van der Waals surface area contributed by atoms with Crippen LogP contribution in [-0.2, 0) is 0 Å². The van der Waals surface area contributed by atoms with Crippen molar-refractivity contribution in [2.24, 2.45) is 16.8 Å². The molecule has 0 heterocycles. The molecule has 0 bridgehead atoms. The van der Waals surface area contributed by atoms with Crippen molar-refractivity contribution in [3.8, 4) is 0 Å². The number of rotatable bonds is 9. The van der Waals surface area contributed by atoms with E-state index in [1.165, 1.54) is 43.8 Å². The summed E-state index contributed by atoms with van der Waals surface area (Å²) >= 11 is 0. The predicted molar refractivity (Wildman–Crippen MR) is 84.2 cm³/mol. The van der Waals surface area contributed by atoms with Gasteiger partial charge in [0.05, 0.1) is 0 Å². The van der Waals surface area contributed by atoms with E-state index in [1.807, 2.05) is 13.3 Å². The van der Waals surface area contributed by atoms with E-state index < -0.39 is 0 Å². The van der Waals surface area contributed by atoms with Crippen LogP contribution in [0.5, 0.6) is 0 Å². The van der Waals surface area contributed by atoms with Crippen molar-refractivity contribution in [3.63, 3.8) is 0 Å². The van der Waals surface area contributed by atoms with E-state index in [9.17, 15) is 0 Å². The summed E-state index contributed by atoms with van der Waals surface area (Å²) in [4.78, 5) is 3.98. The van der Waals surface area contributed by atoms with Gasteiger partial charge < -0.3 is 0 Å². The van der Waals surface area contributed by atoms with Crippen LogP contribution in [0.2, 0.25) is 0 Å². The van der Waals surface area contributed by atoms with Crippen molar-refractivity contribution in [2.45, 2.75) is 52.9 Å². The summed E-state index contributed by atoms with van der Waals surface area (Å²) < 4.78 is 0. The van der Waals surface area contributed by atoms with E-state index >= 15 is 0 Å². The van der Waals surface area contributed by atoms with E-state index in [1.54, 1.807) is 0 Å². The minimum atomic E-state index is 0.879. The Morgan fingerprint density at radius 3 is 2.65 bits per heavy atom. The highest BCUT2D eigenvalue weighted by atomic mass is 31.0. The summed E-state index contributed by atoms with van der Waals surface area (Å²) in [6.07, 6.45) is 11.9. The zero-order chi connectivity index (χ0) is 13.1. The minimum absolute atomic E-state index is 0.879. The number of aliphatic imine (C=N–C) groups is 1. The second-order valence-electron chi connectivity index (χ2n) is 5.16. The Morgan fingerprint density at radius 1 is 1.41 bits per heavy atom. The molecule has 3 unspecified atom stereocenters. The fourth-order valence-electron chi connectivity index (χ4n) is 2.02. The summed E-state index contributed by atoms with van der Waals surface area (Å²) in [5.74, 6) is 1.77. The molecule has 0 fully saturated rings. The third-order valence-corrected chi connectivity index (χ3v) is 4.12. The van der Waals surface area contributed by atoms with Crippen LogP contribution >= 0.6 is 9.24 Å². The molecule has 0 aliphatic carbocycles. The maximum Gasteiger partial charge on any atom is 0.0277 e. The highest BCUT2D eigenvalue weighted by molar-refractivity contribution is 7.16. The first-order valence-electron chi connectivity index (χ1n) is 6.91. The molecule has 0 rings (SSSR count). The van der Waals surface area contributed by atoms with Crippen LogP contribution in [0.1, 0.15) is 52.9 Å². The normalized spacial score (nSPS) is 16.4. The molecule has 0 aromatic carbocycles. The summed E-state index contributed by atoms with van der Waals surface area (Å²) in [5.41, 5.74) is 1.45. The van der Waals surface area contributed by atoms with E-state index in [2.05, 4.69) is 41.1 Å². The van der Waals surface area contributed by atoms with Gasteiger partial charge in [0.1, 0.15) is 0 Å². The number of hydrogen-bond acceptors (Lipinski definition) is 1. The van der Waals surface area contributed by atoms with Gasteiger partial charge in [0.15, 0.2) is 0 Å². The molecule has 0 aromatic heterocycles. The second-order valence-corrected chi connectivity index (χ2v) is 5.63. The monoisotopic (exact) mass is 255 g/mol. The first-order chi connectivity index (χ1) is 8.13. The molecule has 3 atom stereocenters. The Bertz CT molecular complexity index is 233.